The number of rotatable bonds is 7. The van der Waals surface area contributed by atoms with E-state index < -0.39 is 37.2 Å². The van der Waals surface area contributed by atoms with Crippen LogP contribution in [0.3, 0.4) is 0 Å². The number of para-hydroxylation sites is 1. The first-order chi connectivity index (χ1) is 9.68. The summed E-state index contributed by atoms with van der Waals surface area (Å²) in [6.45, 7) is 1.65. The molecule has 0 aliphatic rings. The Kier molecular flexibility index (Phi) is 5.25. The average molecular weight is 316 g/mol. The third kappa shape index (κ3) is 4.15. The van der Waals surface area contributed by atoms with Crippen molar-refractivity contribution >= 4 is 27.2 Å². The molecule has 8 nitrogen and oxygen atoms in total. The molecule has 1 atom stereocenters. The lowest BCUT2D eigenvalue weighted by Gasteiger charge is -2.13. The van der Waals surface area contributed by atoms with E-state index in [-0.39, 0.29) is 12.2 Å². The van der Waals surface area contributed by atoms with E-state index in [1.54, 1.807) is 6.92 Å². The Bertz CT molecular complexity index is 656. The molecule has 0 aromatic heterocycles. The van der Waals surface area contributed by atoms with E-state index in [0.717, 1.165) is 12.3 Å². The van der Waals surface area contributed by atoms with Crippen molar-refractivity contribution in [3.05, 3.63) is 28.3 Å². The van der Waals surface area contributed by atoms with Gasteiger partial charge in [-0.25, -0.2) is 8.42 Å². The topological polar surface area (TPSA) is 127 Å². The number of nitrogens with zero attached hydrogens (tertiary/aromatic N) is 1. The van der Waals surface area contributed by atoms with Crippen LogP contribution >= 0.6 is 0 Å². The number of sulfone groups is 1. The normalized spacial score (nSPS) is 12.7. The highest BCUT2D eigenvalue weighted by Gasteiger charge is 2.26. The predicted octanol–water partition coefficient (Wildman–Crippen LogP) is 1.52. The number of hydrogen-bond donors (Lipinski definition) is 2. The molecule has 0 spiro atoms. The predicted molar refractivity (Wildman–Crippen MR) is 76.1 cm³/mol. The Balaban J connectivity index is 3.19. The van der Waals surface area contributed by atoms with E-state index in [9.17, 15) is 23.3 Å². The molecule has 1 rings (SSSR count). The number of hydrogen-bond acceptors (Lipinski definition) is 6. The van der Waals surface area contributed by atoms with Gasteiger partial charge in [0.1, 0.15) is 10.6 Å². The first-order valence-electron chi connectivity index (χ1n) is 6.12. The third-order valence-corrected chi connectivity index (χ3v) is 4.09. The number of nitro groups is 1. The molecule has 0 fully saturated rings. The maximum absolute atomic E-state index is 11.6. The standard InChI is InChI=1S/C12H16N2O6S/c1-3-8(12(15)16)7-13-9-5-4-6-10(21(2,19)20)11(9)14(17)18/h4-6,8,13H,3,7H2,1-2H3,(H,15,16). The fourth-order valence-corrected chi connectivity index (χ4v) is 2.65. The minimum atomic E-state index is -3.76. The summed E-state index contributed by atoms with van der Waals surface area (Å²) in [5.74, 6) is -1.74. The highest BCUT2D eigenvalue weighted by atomic mass is 32.2. The number of carbonyl (C=O) groups is 1. The Morgan fingerprint density at radius 2 is 2.10 bits per heavy atom. The van der Waals surface area contributed by atoms with Gasteiger partial charge in [-0.3, -0.25) is 14.9 Å². The van der Waals surface area contributed by atoms with Crippen LogP contribution in [0.5, 0.6) is 0 Å². The van der Waals surface area contributed by atoms with Gasteiger partial charge in [0.25, 0.3) is 0 Å². The third-order valence-electron chi connectivity index (χ3n) is 2.96. The van der Waals surface area contributed by atoms with Crippen LogP contribution in [0, 0.1) is 16.0 Å². The smallest absolute Gasteiger partial charge is 0.310 e. The maximum Gasteiger partial charge on any atom is 0.310 e. The summed E-state index contributed by atoms with van der Waals surface area (Å²) < 4.78 is 23.2. The summed E-state index contributed by atoms with van der Waals surface area (Å²) in [7, 11) is -3.76. The molecular weight excluding hydrogens is 300 g/mol. The van der Waals surface area contributed by atoms with Crippen molar-refractivity contribution in [1.29, 1.82) is 0 Å². The van der Waals surface area contributed by atoms with Gasteiger partial charge in [0.2, 0.25) is 0 Å². The lowest BCUT2D eigenvalue weighted by molar-refractivity contribution is -0.386. The number of benzene rings is 1. The molecular formula is C12H16N2O6S. The summed E-state index contributed by atoms with van der Waals surface area (Å²) in [5, 5.41) is 22.7. The number of carboxylic acid groups (broad SMARTS) is 1. The molecule has 0 bridgehead atoms. The second-order valence-electron chi connectivity index (χ2n) is 4.51. The van der Waals surface area contributed by atoms with Crippen molar-refractivity contribution in [2.24, 2.45) is 5.92 Å². The SMILES string of the molecule is CCC(CNc1cccc(S(C)(=O)=O)c1[N+](=O)[O-])C(=O)O. The van der Waals surface area contributed by atoms with Gasteiger partial charge in [0.05, 0.1) is 10.8 Å². The first kappa shape index (κ1) is 16.9. The zero-order valence-electron chi connectivity index (χ0n) is 11.6. The number of aliphatic carboxylic acids is 1. The summed E-state index contributed by atoms with van der Waals surface area (Å²) >= 11 is 0. The molecule has 0 radical (unpaired) electrons. The second kappa shape index (κ2) is 6.53. The van der Waals surface area contributed by atoms with Crippen LogP contribution in [-0.2, 0) is 14.6 Å². The van der Waals surface area contributed by atoms with Crippen LogP contribution in [0.15, 0.2) is 23.1 Å². The van der Waals surface area contributed by atoms with Crippen LogP contribution < -0.4 is 5.32 Å². The molecule has 0 aliphatic carbocycles. The van der Waals surface area contributed by atoms with Crippen LogP contribution in [0.25, 0.3) is 0 Å². The molecule has 0 heterocycles. The molecule has 2 N–H and O–H groups in total. The van der Waals surface area contributed by atoms with Gasteiger partial charge in [-0.05, 0) is 18.6 Å². The Hall–Kier alpha value is -2.16. The van der Waals surface area contributed by atoms with E-state index in [1.807, 2.05) is 0 Å². The van der Waals surface area contributed by atoms with E-state index in [0.29, 0.717) is 6.42 Å². The number of anilines is 1. The number of nitro benzene ring substituents is 1. The molecule has 9 heteroatoms. The molecule has 0 amide bonds. The van der Waals surface area contributed by atoms with Crippen LogP contribution in [0.1, 0.15) is 13.3 Å². The maximum atomic E-state index is 11.6. The molecule has 1 unspecified atom stereocenters. The minimum absolute atomic E-state index is 0.0115. The lowest BCUT2D eigenvalue weighted by Crippen LogP contribution is -2.22. The summed E-state index contributed by atoms with van der Waals surface area (Å²) in [5.41, 5.74) is -0.581. The number of carboxylic acids is 1. The summed E-state index contributed by atoms with van der Waals surface area (Å²) in [4.78, 5) is 20.9. The molecule has 0 aliphatic heterocycles. The fourth-order valence-electron chi connectivity index (χ4n) is 1.79. The van der Waals surface area contributed by atoms with E-state index >= 15 is 0 Å². The summed E-state index contributed by atoms with van der Waals surface area (Å²) in [6.07, 6.45) is 1.23. The molecule has 0 saturated carbocycles. The zero-order chi connectivity index (χ0) is 16.2. The quantitative estimate of drug-likeness (QED) is 0.576. The van der Waals surface area contributed by atoms with Crippen LogP contribution in [0.2, 0.25) is 0 Å². The molecule has 1 aromatic carbocycles. The van der Waals surface area contributed by atoms with Crippen molar-refractivity contribution in [2.75, 3.05) is 18.1 Å². The number of nitrogens with one attached hydrogen (secondary N) is 1. The lowest BCUT2D eigenvalue weighted by atomic mass is 10.1. The van der Waals surface area contributed by atoms with Gasteiger partial charge < -0.3 is 10.4 Å². The largest absolute Gasteiger partial charge is 0.481 e. The fraction of sp³-hybridized carbons (Fsp3) is 0.417. The highest BCUT2D eigenvalue weighted by Crippen LogP contribution is 2.32. The monoisotopic (exact) mass is 316 g/mol. The first-order valence-corrected chi connectivity index (χ1v) is 8.01. The van der Waals surface area contributed by atoms with Gasteiger partial charge >= 0.3 is 11.7 Å². The van der Waals surface area contributed by atoms with E-state index in [1.165, 1.54) is 12.1 Å². The van der Waals surface area contributed by atoms with Crippen molar-refractivity contribution in [1.82, 2.24) is 0 Å². The van der Waals surface area contributed by atoms with Crippen molar-refractivity contribution in [3.63, 3.8) is 0 Å². The molecule has 1 aromatic rings. The van der Waals surface area contributed by atoms with Gasteiger partial charge in [-0.2, -0.15) is 0 Å². The average Bonchev–Trinajstić information content (AvgIpc) is 2.37. The van der Waals surface area contributed by atoms with E-state index in [4.69, 9.17) is 5.11 Å². The highest BCUT2D eigenvalue weighted by molar-refractivity contribution is 7.90. The van der Waals surface area contributed by atoms with Gasteiger partial charge in [0.15, 0.2) is 9.84 Å². The Labute approximate surface area is 121 Å². The molecule has 0 saturated heterocycles. The van der Waals surface area contributed by atoms with Gasteiger partial charge in [-0.1, -0.05) is 13.0 Å². The molecule has 21 heavy (non-hydrogen) atoms. The molecule has 116 valence electrons. The summed E-state index contributed by atoms with van der Waals surface area (Å²) in [6, 6.07) is 3.86. The van der Waals surface area contributed by atoms with Gasteiger partial charge in [0, 0.05) is 12.8 Å². The Morgan fingerprint density at radius 3 is 2.52 bits per heavy atom. The van der Waals surface area contributed by atoms with Crippen LogP contribution in [-0.4, -0.2) is 37.2 Å². The van der Waals surface area contributed by atoms with Gasteiger partial charge in [-0.15, -0.1) is 0 Å². The van der Waals surface area contributed by atoms with Crippen LogP contribution in [0.4, 0.5) is 11.4 Å². The van der Waals surface area contributed by atoms with Crippen molar-refractivity contribution in [3.8, 4) is 0 Å². The minimum Gasteiger partial charge on any atom is -0.481 e. The zero-order valence-corrected chi connectivity index (χ0v) is 12.4. The van der Waals surface area contributed by atoms with E-state index in [2.05, 4.69) is 5.32 Å². The Morgan fingerprint density at radius 1 is 1.48 bits per heavy atom. The second-order valence-corrected chi connectivity index (χ2v) is 6.49. The van der Waals surface area contributed by atoms with Crippen molar-refractivity contribution in [2.45, 2.75) is 18.2 Å². The van der Waals surface area contributed by atoms with Crippen molar-refractivity contribution < 1.29 is 23.2 Å².